The number of carbonyl (C=O) groups is 2. The number of esters is 1. The van der Waals surface area contributed by atoms with Crippen LogP contribution in [0.5, 0.6) is 0 Å². The number of hydrogen-bond donors (Lipinski definition) is 0. The van der Waals surface area contributed by atoms with Crippen LogP contribution in [0.15, 0.2) is 59.2 Å². The number of allylic oxidation sites excluding steroid dienone is 3. The summed E-state index contributed by atoms with van der Waals surface area (Å²) >= 11 is 0. The summed E-state index contributed by atoms with van der Waals surface area (Å²) in [6.45, 7) is 5.66. The quantitative estimate of drug-likeness (QED) is 0.517. The van der Waals surface area contributed by atoms with Gasteiger partial charge in [0, 0.05) is 69.9 Å². The van der Waals surface area contributed by atoms with E-state index in [9.17, 15) is 22.8 Å². The number of hydrogen-bond acceptors (Lipinski definition) is 5. The highest BCUT2D eigenvalue weighted by Gasteiger charge is 2.51. The molecule has 1 spiro atoms. The van der Waals surface area contributed by atoms with Gasteiger partial charge in [-0.1, -0.05) is 29.9 Å². The maximum atomic E-state index is 13.7. The van der Waals surface area contributed by atoms with E-state index in [0.717, 1.165) is 51.0 Å². The van der Waals surface area contributed by atoms with Crippen molar-refractivity contribution in [3.8, 4) is 0 Å². The first-order valence-electron chi connectivity index (χ1n) is 13.4. The van der Waals surface area contributed by atoms with Crippen LogP contribution in [-0.4, -0.2) is 73.1 Å². The first kappa shape index (κ1) is 26.5. The number of halogens is 3. The number of ether oxygens (including phenoxy) is 1. The van der Waals surface area contributed by atoms with E-state index in [1.807, 2.05) is 4.90 Å². The largest absolute Gasteiger partial charge is 0.450 e. The van der Waals surface area contributed by atoms with Crippen LogP contribution in [0.3, 0.4) is 0 Å². The Hall–Kier alpha value is -3.07. The number of rotatable bonds is 5. The fourth-order valence-corrected chi connectivity index (χ4v) is 5.94. The molecule has 1 aromatic carbocycles. The van der Waals surface area contributed by atoms with E-state index in [0.29, 0.717) is 55.9 Å². The van der Waals surface area contributed by atoms with Crippen LogP contribution >= 0.6 is 0 Å². The summed E-state index contributed by atoms with van der Waals surface area (Å²) in [7, 11) is 0. The van der Waals surface area contributed by atoms with Gasteiger partial charge in [0.2, 0.25) is 0 Å². The Kier molecular flexibility index (Phi) is 7.40. The van der Waals surface area contributed by atoms with Gasteiger partial charge in [-0.25, -0.2) is 4.79 Å². The lowest BCUT2D eigenvalue weighted by Gasteiger charge is -2.42. The molecule has 0 atom stereocenters. The molecule has 0 radical (unpaired) electrons. The highest BCUT2D eigenvalue weighted by molar-refractivity contribution is 6.07. The topological polar surface area (TPSA) is 53.1 Å². The second-order valence-corrected chi connectivity index (χ2v) is 10.6. The van der Waals surface area contributed by atoms with Crippen molar-refractivity contribution in [2.24, 2.45) is 0 Å². The molecule has 0 unspecified atom stereocenters. The number of amides is 1. The van der Waals surface area contributed by atoms with E-state index in [2.05, 4.69) is 23.1 Å². The zero-order valence-corrected chi connectivity index (χ0v) is 21.7. The second-order valence-electron chi connectivity index (χ2n) is 10.6. The van der Waals surface area contributed by atoms with Crippen LogP contribution in [0, 0.1) is 0 Å². The predicted octanol–water partition coefficient (Wildman–Crippen LogP) is 4.73. The van der Waals surface area contributed by atoms with Crippen molar-refractivity contribution in [3.05, 3.63) is 64.8 Å². The molecule has 3 aliphatic heterocycles. The van der Waals surface area contributed by atoms with E-state index < -0.39 is 23.3 Å². The summed E-state index contributed by atoms with van der Waals surface area (Å²) in [5, 5.41) is 0. The third-order valence-corrected chi connectivity index (χ3v) is 8.20. The van der Waals surface area contributed by atoms with Gasteiger partial charge in [-0.3, -0.25) is 4.79 Å². The van der Waals surface area contributed by atoms with Crippen molar-refractivity contribution in [1.29, 1.82) is 0 Å². The Morgan fingerprint density at radius 1 is 1.05 bits per heavy atom. The van der Waals surface area contributed by atoms with Crippen LogP contribution in [0.2, 0.25) is 0 Å². The third-order valence-electron chi connectivity index (χ3n) is 8.20. The smallest absolute Gasteiger partial charge is 0.416 e. The maximum absolute atomic E-state index is 13.7. The average molecular weight is 530 g/mol. The van der Waals surface area contributed by atoms with Gasteiger partial charge in [0.25, 0.3) is 5.91 Å². The Morgan fingerprint density at radius 3 is 2.45 bits per heavy atom. The fraction of sp³-hybridized carbons (Fsp3) is 0.517. The van der Waals surface area contributed by atoms with E-state index in [-0.39, 0.29) is 5.91 Å². The summed E-state index contributed by atoms with van der Waals surface area (Å²) in [6.07, 6.45) is 6.64. The van der Waals surface area contributed by atoms with Gasteiger partial charge in [-0.05, 0) is 44.4 Å². The van der Waals surface area contributed by atoms with E-state index in [4.69, 9.17) is 4.74 Å². The molecule has 0 N–H and O–H groups in total. The van der Waals surface area contributed by atoms with E-state index in [1.165, 1.54) is 11.6 Å². The number of piperazine rings is 1. The molecule has 1 aliphatic carbocycles. The maximum Gasteiger partial charge on any atom is 0.416 e. The molecular formula is C29H34F3N3O3. The molecule has 2 saturated heterocycles. The minimum Gasteiger partial charge on any atom is -0.450 e. The van der Waals surface area contributed by atoms with E-state index >= 15 is 0 Å². The van der Waals surface area contributed by atoms with Gasteiger partial charge in [-0.15, -0.1) is 0 Å². The molecule has 5 rings (SSSR count). The van der Waals surface area contributed by atoms with Crippen molar-refractivity contribution in [2.75, 3.05) is 50.7 Å². The molecule has 204 valence electrons. The van der Waals surface area contributed by atoms with Crippen LogP contribution in [-0.2, 0) is 20.5 Å². The summed E-state index contributed by atoms with van der Waals surface area (Å²) in [6, 6.07) is 5.28. The molecule has 0 aromatic heterocycles. The highest BCUT2D eigenvalue weighted by Crippen LogP contribution is 2.42. The highest BCUT2D eigenvalue weighted by atomic mass is 19.4. The minimum absolute atomic E-state index is 0.192. The van der Waals surface area contributed by atoms with Gasteiger partial charge in [0.1, 0.15) is 5.60 Å². The minimum atomic E-state index is -4.40. The van der Waals surface area contributed by atoms with Crippen LogP contribution in [0.4, 0.5) is 18.9 Å². The molecule has 38 heavy (non-hydrogen) atoms. The lowest BCUT2D eigenvalue weighted by atomic mass is 9.82. The zero-order valence-electron chi connectivity index (χ0n) is 21.7. The van der Waals surface area contributed by atoms with Gasteiger partial charge < -0.3 is 19.4 Å². The number of piperidine rings is 1. The summed E-state index contributed by atoms with van der Waals surface area (Å²) < 4.78 is 45.3. The predicted molar refractivity (Wildman–Crippen MR) is 139 cm³/mol. The number of benzene rings is 1. The van der Waals surface area contributed by atoms with Crippen LogP contribution in [0.1, 0.15) is 44.6 Å². The Bertz CT molecular complexity index is 1170. The SMILES string of the molecule is CC1=C(C(=O)N2CCN(c3cccc(C(F)(F)F)c3)CC2)C2(CCN(CCC3=CCCC=C3)CC2)OC1=O. The first-order valence-corrected chi connectivity index (χ1v) is 13.4. The molecule has 3 heterocycles. The Morgan fingerprint density at radius 2 is 1.79 bits per heavy atom. The zero-order chi connectivity index (χ0) is 26.9. The summed E-state index contributed by atoms with van der Waals surface area (Å²) in [4.78, 5) is 32.3. The van der Waals surface area contributed by atoms with Crippen molar-refractivity contribution in [2.45, 2.75) is 50.8 Å². The van der Waals surface area contributed by atoms with Crippen LogP contribution in [0.25, 0.3) is 0 Å². The van der Waals surface area contributed by atoms with Gasteiger partial charge in [0.15, 0.2) is 0 Å². The summed E-state index contributed by atoms with van der Waals surface area (Å²) in [5.41, 5.74) is 1.12. The Balaban J connectivity index is 1.21. The van der Waals surface area contributed by atoms with Crippen molar-refractivity contribution in [1.82, 2.24) is 9.80 Å². The van der Waals surface area contributed by atoms with Crippen LogP contribution < -0.4 is 4.90 Å². The number of alkyl halides is 3. The molecule has 2 fully saturated rings. The lowest BCUT2D eigenvalue weighted by Crippen LogP contribution is -2.53. The summed E-state index contributed by atoms with van der Waals surface area (Å²) in [5.74, 6) is -0.620. The number of nitrogens with zero attached hydrogens (tertiary/aromatic N) is 3. The van der Waals surface area contributed by atoms with Crippen molar-refractivity contribution >= 4 is 17.6 Å². The third kappa shape index (κ3) is 5.39. The first-order chi connectivity index (χ1) is 18.2. The van der Waals surface area contributed by atoms with Gasteiger partial charge >= 0.3 is 12.1 Å². The molecule has 9 heteroatoms. The fourth-order valence-electron chi connectivity index (χ4n) is 5.94. The molecule has 0 saturated carbocycles. The normalized spacial score (nSPS) is 22.2. The molecule has 4 aliphatic rings. The van der Waals surface area contributed by atoms with Gasteiger partial charge in [0.05, 0.1) is 11.1 Å². The molecule has 0 bridgehead atoms. The number of anilines is 1. The lowest BCUT2D eigenvalue weighted by molar-refractivity contribution is -0.151. The Labute approximate surface area is 221 Å². The number of carbonyl (C=O) groups excluding carboxylic acids is 2. The standard InChI is InChI=1S/C29H34F3N3O3/c1-21-25(26(36)35-18-16-34(17-19-35)24-9-5-8-23(20-24)29(30,31)32)28(38-27(21)37)11-14-33(15-12-28)13-10-22-6-3-2-4-7-22/h3,5-9,20H,2,4,10-19H2,1H3. The van der Waals surface area contributed by atoms with Crippen molar-refractivity contribution < 1.29 is 27.5 Å². The van der Waals surface area contributed by atoms with Gasteiger partial charge in [-0.2, -0.15) is 13.2 Å². The second kappa shape index (κ2) is 10.6. The van der Waals surface area contributed by atoms with Crippen molar-refractivity contribution in [3.63, 3.8) is 0 Å². The van der Waals surface area contributed by atoms with E-state index in [1.54, 1.807) is 17.9 Å². The monoisotopic (exact) mass is 529 g/mol. The molecular weight excluding hydrogens is 495 g/mol. The molecule has 6 nitrogen and oxygen atoms in total. The molecule has 1 amide bonds. The average Bonchev–Trinajstić information content (AvgIpc) is 3.16. The molecule has 1 aromatic rings. The number of likely N-dealkylation sites (tertiary alicyclic amines) is 1.